The van der Waals surface area contributed by atoms with Crippen LogP contribution in [0.25, 0.3) is 10.2 Å². The number of carbonyl (C=O) groups is 3. The lowest BCUT2D eigenvalue weighted by Gasteiger charge is -2.05. The Morgan fingerprint density at radius 3 is 2.69 bits per heavy atom. The second kappa shape index (κ2) is 7.81. The lowest BCUT2D eigenvalue weighted by molar-refractivity contribution is 0.0926. The zero-order chi connectivity index (χ0) is 18.7. The first-order valence-electron chi connectivity index (χ1n) is 7.42. The minimum absolute atomic E-state index is 0.0718. The van der Waals surface area contributed by atoms with Gasteiger partial charge in [-0.05, 0) is 25.1 Å². The van der Waals surface area contributed by atoms with Crippen LogP contribution in [-0.4, -0.2) is 29.5 Å². The number of para-hydroxylation sites is 1. The predicted molar refractivity (Wildman–Crippen MR) is 101 cm³/mol. The van der Waals surface area contributed by atoms with Crippen molar-refractivity contribution in [2.24, 2.45) is 0 Å². The summed E-state index contributed by atoms with van der Waals surface area (Å²) in [6, 6.07) is 8.74. The molecule has 26 heavy (non-hydrogen) atoms. The molecule has 0 atom stereocenters. The van der Waals surface area contributed by atoms with Gasteiger partial charge in [0.2, 0.25) is 0 Å². The molecule has 134 valence electrons. The molecule has 10 heteroatoms. The molecule has 3 amide bonds. The molecule has 0 bridgehead atoms. The number of nitrogens with one attached hydrogen (secondary N) is 2. The molecule has 3 rings (SSSR count). The molecule has 0 saturated carbocycles. The van der Waals surface area contributed by atoms with Crippen LogP contribution in [0, 0.1) is 0 Å². The van der Waals surface area contributed by atoms with E-state index in [4.69, 9.17) is 11.6 Å². The van der Waals surface area contributed by atoms with E-state index in [1.165, 1.54) is 17.4 Å². The van der Waals surface area contributed by atoms with Crippen LogP contribution in [0.2, 0.25) is 4.34 Å². The van der Waals surface area contributed by atoms with Gasteiger partial charge >= 0.3 is 6.09 Å². The van der Waals surface area contributed by atoms with E-state index < -0.39 is 17.9 Å². The number of thiophene rings is 1. The van der Waals surface area contributed by atoms with Gasteiger partial charge in [-0.25, -0.2) is 9.78 Å². The van der Waals surface area contributed by atoms with Gasteiger partial charge in [0.05, 0.1) is 26.7 Å². The maximum absolute atomic E-state index is 12.5. The Hall–Kier alpha value is -2.49. The Labute approximate surface area is 160 Å². The topological polar surface area (TPSA) is 97.4 Å². The number of fused-ring (bicyclic) bond motifs is 1. The number of benzene rings is 1. The van der Waals surface area contributed by atoms with Crippen molar-refractivity contribution in [1.29, 1.82) is 0 Å². The number of hydrogen-bond donors (Lipinski definition) is 2. The number of rotatable bonds is 4. The van der Waals surface area contributed by atoms with E-state index in [1.54, 1.807) is 6.92 Å². The normalized spacial score (nSPS) is 10.5. The smallest absolute Gasteiger partial charge is 0.414 e. The molecule has 0 unspecified atom stereocenters. The Bertz CT molecular complexity index is 965. The molecule has 0 fully saturated rings. The van der Waals surface area contributed by atoms with Gasteiger partial charge in [-0.3, -0.25) is 14.9 Å². The number of alkyl carbamates (subject to hydrolysis) is 1. The number of aromatic nitrogens is 1. The number of imide groups is 1. The lowest BCUT2D eigenvalue weighted by atomic mass is 10.3. The summed E-state index contributed by atoms with van der Waals surface area (Å²) in [5.74, 6) is -1.18. The molecule has 0 radical (unpaired) electrons. The first kappa shape index (κ1) is 18.3. The Morgan fingerprint density at radius 1 is 1.19 bits per heavy atom. The fraction of sp³-hybridized carbons (Fsp3) is 0.125. The quantitative estimate of drug-likeness (QED) is 0.674. The van der Waals surface area contributed by atoms with Crippen molar-refractivity contribution in [1.82, 2.24) is 10.3 Å². The number of thiazole rings is 1. The van der Waals surface area contributed by atoms with E-state index in [9.17, 15) is 14.4 Å². The van der Waals surface area contributed by atoms with Gasteiger partial charge in [0.15, 0.2) is 5.01 Å². The third-order valence-corrected chi connectivity index (χ3v) is 5.37. The van der Waals surface area contributed by atoms with Crippen molar-refractivity contribution < 1.29 is 19.1 Å². The SMILES string of the molecule is CCOC(=O)NC(=O)c1cc(Cl)sc1NC(=O)c1nc2ccccc2s1. The average molecular weight is 410 g/mol. The number of carbonyl (C=O) groups excluding carboxylic acids is 3. The van der Waals surface area contributed by atoms with Crippen molar-refractivity contribution in [3.05, 3.63) is 45.2 Å². The third kappa shape index (κ3) is 4.01. The van der Waals surface area contributed by atoms with Crippen LogP contribution < -0.4 is 10.6 Å². The highest BCUT2D eigenvalue weighted by Crippen LogP contribution is 2.32. The van der Waals surface area contributed by atoms with Gasteiger partial charge in [-0.1, -0.05) is 23.7 Å². The first-order valence-corrected chi connectivity index (χ1v) is 9.43. The largest absolute Gasteiger partial charge is 0.450 e. The number of anilines is 1. The summed E-state index contributed by atoms with van der Waals surface area (Å²) < 4.78 is 5.84. The maximum Gasteiger partial charge on any atom is 0.414 e. The van der Waals surface area contributed by atoms with E-state index in [2.05, 4.69) is 20.4 Å². The molecular weight excluding hydrogens is 398 g/mol. The highest BCUT2D eigenvalue weighted by Gasteiger charge is 2.21. The number of hydrogen-bond acceptors (Lipinski definition) is 7. The van der Waals surface area contributed by atoms with E-state index in [0.717, 1.165) is 16.0 Å². The number of nitrogens with zero attached hydrogens (tertiary/aromatic N) is 1. The molecule has 2 N–H and O–H groups in total. The molecular formula is C16H12ClN3O4S2. The minimum atomic E-state index is -0.872. The van der Waals surface area contributed by atoms with Crippen LogP contribution in [0.4, 0.5) is 9.80 Å². The predicted octanol–water partition coefficient (Wildman–Crippen LogP) is 4.15. The summed E-state index contributed by atoms with van der Waals surface area (Å²) in [7, 11) is 0. The number of halogens is 1. The molecule has 0 spiro atoms. The second-order valence-corrected chi connectivity index (χ2v) is 7.62. The molecule has 7 nitrogen and oxygen atoms in total. The van der Waals surface area contributed by atoms with Gasteiger partial charge in [-0.15, -0.1) is 22.7 Å². The highest BCUT2D eigenvalue weighted by atomic mass is 35.5. The second-order valence-electron chi connectivity index (χ2n) is 4.91. The summed E-state index contributed by atoms with van der Waals surface area (Å²) in [6.07, 6.45) is -0.872. The maximum atomic E-state index is 12.5. The lowest BCUT2D eigenvalue weighted by Crippen LogP contribution is -2.31. The monoisotopic (exact) mass is 409 g/mol. The summed E-state index contributed by atoms with van der Waals surface area (Å²) in [5.41, 5.74) is 0.787. The third-order valence-electron chi connectivity index (χ3n) is 3.15. The van der Waals surface area contributed by atoms with Gasteiger partial charge in [0, 0.05) is 0 Å². The van der Waals surface area contributed by atoms with E-state index in [-0.39, 0.29) is 22.2 Å². The Balaban J connectivity index is 1.80. The Kier molecular flexibility index (Phi) is 5.50. The van der Waals surface area contributed by atoms with Crippen LogP contribution in [0.5, 0.6) is 0 Å². The fourth-order valence-electron chi connectivity index (χ4n) is 2.08. The standard InChI is InChI=1S/C16H12ClN3O4S2/c1-2-24-16(23)20-12(21)8-7-11(17)26-14(8)19-13(22)15-18-9-5-3-4-6-10(9)25-15/h3-7H,2H2,1H3,(H,19,22)(H,20,21,23). The molecule has 0 aliphatic heterocycles. The fourth-order valence-corrected chi connectivity index (χ4v) is 4.05. The molecule has 1 aromatic carbocycles. The average Bonchev–Trinajstić information content (AvgIpc) is 3.18. The van der Waals surface area contributed by atoms with Crippen LogP contribution in [0.3, 0.4) is 0 Å². The van der Waals surface area contributed by atoms with E-state index >= 15 is 0 Å². The van der Waals surface area contributed by atoms with Crippen molar-refractivity contribution in [2.75, 3.05) is 11.9 Å². The molecule has 2 aromatic heterocycles. The first-order chi connectivity index (χ1) is 12.5. The molecule has 2 heterocycles. The zero-order valence-corrected chi connectivity index (χ0v) is 15.8. The van der Waals surface area contributed by atoms with Gasteiger partial charge < -0.3 is 10.1 Å². The van der Waals surface area contributed by atoms with E-state index in [0.29, 0.717) is 9.85 Å². The number of amides is 3. The highest BCUT2D eigenvalue weighted by molar-refractivity contribution is 7.21. The molecule has 0 saturated heterocycles. The van der Waals surface area contributed by atoms with Crippen molar-refractivity contribution >= 4 is 67.4 Å². The number of ether oxygens (including phenoxy) is 1. The summed E-state index contributed by atoms with van der Waals surface area (Å²) >= 11 is 8.21. The van der Waals surface area contributed by atoms with Crippen LogP contribution in [-0.2, 0) is 4.74 Å². The van der Waals surface area contributed by atoms with Gasteiger partial charge in [0.25, 0.3) is 11.8 Å². The Morgan fingerprint density at radius 2 is 1.96 bits per heavy atom. The van der Waals surface area contributed by atoms with E-state index in [1.807, 2.05) is 24.3 Å². The zero-order valence-electron chi connectivity index (χ0n) is 13.4. The van der Waals surface area contributed by atoms with Crippen molar-refractivity contribution in [3.8, 4) is 0 Å². The van der Waals surface area contributed by atoms with Gasteiger partial charge in [0.1, 0.15) is 5.00 Å². The van der Waals surface area contributed by atoms with Gasteiger partial charge in [-0.2, -0.15) is 0 Å². The minimum Gasteiger partial charge on any atom is -0.450 e. The molecule has 0 aliphatic carbocycles. The van der Waals surface area contributed by atoms with Crippen LogP contribution >= 0.6 is 34.3 Å². The van der Waals surface area contributed by atoms with Crippen LogP contribution in [0.15, 0.2) is 30.3 Å². The summed E-state index contributed by atoms with van der Waals surface area (Å²) in [5, 5.41) is 5.17. The van der Waals surface area contributed by atoms with Crippen molar-refractivity contribution in [3.63, 3.8) is 0 Å². The van der Waals surface area contributed by atoms with Crippen molar-refractivity contribution in [2.45, 2.75) is 6.92 Å². The molecule has 0 aliphatic rings. The summed E-state index contributed by atoms with van der Waals surface area (Å²) in [6.45, 7) is 1.75. The van der Waals surface area contributed by atoms with Crippen LogP contribution in [0.1, 0.15) is 27.1 Å². The molecule has 3 aromatic rings. The summed E-state index contributed by atoms with van der Waals surface area (Å²) in [4.78, 5) is 40.3.